The van der Waals surface area contributed by atoms with Crippen LogP contribution in [0.4, 0.5) is 0 Å². The summed E-state index contributed by atoms with van der Waals surface area (Å²) in [5.74, 6) is 0. The normalized spacial score (nSPS) is 22.8. The zero-order valence-electron chi connectivity index (χ0n) is 9.00. The summed E-state index contributed by atoms with van der Waals surface area (Å²) in [6, 6.07) is 0. The topological polar surface area (TPSA) is 3.24 Å². The molecule has 2 aliphatic rings. The first kappa shape index (κ1) is 9.57. The van der Waals surface area contributed by atoms with Crippen LogP contribution in [0, 0.1) is 0 Å². The van der Waals surface area contributed by atoms with Gasteiger partial charge in [0.2, 0.25) is 0 Å². The van der Waals surface area contributed by atoms with Gasteiger partial charge in [0.25, 0.3) is 0 Å². The summed E-state index contributed by atoms with van der Waals surface area (Å²) in [5.41, 5.74) is 2.88. The third-order valence-electron chi connectivity index (χ3n) is 2.96. The van der Waals surface area contributed by atoms with Crippen LogP contribution < -0.4 is 0 Å². The van der Waals surface area contributed by atoms with Crippen molar-refractivity contribution in [3.63, 3.8) is 0 Å². The molecule has 0 spiro atoms. The molecular formula is C13H19N. The number of likely N-dealkylation sites (tertiary alicyclic amines) is 1. The van der Waals surface area contributed by atoms with Crippen molar-refractivity contribution in [3.8, 4) is 0 Å². The minimum absolute atomic E-state index is 1.10. The largest absolute Gasteiger partial charge is 0.372 e. The van der Waals surface area contributed by atoms with E-state index in [0.29, 0.717) is 0 Å². The van der Waals surface area contributed by atoms with Crippen molar-refractivity contribution in [2.75, 3.05) is 13.1 Å². The summed E-state index contributed by atoms with van der Waals surface area (Å²) in [6.45, 7) is 4.69. The molecule has 1 heterocycles. The Labute approximate surface area is 86.8 Å². The van der Waals surface area contributed by atoms with Crippen LogP contribution in [0.15, 0.2) is 35.6 Å². The second-order valence-electron chi connectivity index (χ2n) is 4.26. The number of rotatable bonds is 1. The number of hydrogen-bond donors (Lipinski definition) is 0. The molecule has 2 rings (SSSR count). The SMILES string of the molecule is CC1=CC(N2CCCCC2)=CC=CC1. The lowest BCUT2D eigenvalue weighted by Gasteiger charge is -2.29. The number of hydrogen-bond acceptors (Lipinski definition) is 1. The summed E-state index contributed by atoms with van der Waals surface area (Å²) in [6.07, 6.45) is 14.2. The van der Waals surface area contributed by atoms with Gasteiger partial charge in [0, 0.05) is 18.8 Å². The smallest absolute Gasteiger partial charge is 0.0365 e. The van der Waals surface area contributed by atoms with Gasteiger partial charge in [-0.3, -0.25) is 0 Å². The summed E-state index contributed by atoms with van der Waals surface area (Å²) >= 11 is 0. The molecule has 0 aromatic rings. The van der Waals surface area contributed by atoms with Gasteiger partial charge in [0.05, 0.1) is 0 Å². The molecule has 0 amide bonds. The first-order chi connectivity index (χ1) is 6.86. The Kier molecular flexibility index (Phi) is 3.07. The quantitative estimate of drug-likeness (QED) is 0.612. The van der Waals surface area contributed by atoms with Crippen molar-refractivity contribution in [1.82, 2.24) is 4.90 Å². The third-order valence-corrected chi connectivity index (χ3v) is 2.96. The highest BCUT2D eigenvalue weighted by Crippen LogP contribution is 2.19. The molecule has 0 saturated carbocycles. The number of nitrogens with zero attached hydrogens (tertiary/aromatic N) is 1. The molecule has 1 heteroatoms. The Hall–Kier alpha value is -0.980. The van der Waals surface area contributed by atoms with Crippen LogP contribution in [0.3, 0.4) is 0 Å². The van der Waals surface area contributed by atoms with Gasteiger partial charge in [-0.05, 0) is 44.8 Å². The maximum Gasteiger partial charge on any atom is 0.0365 e. The van der Waals surface area contributed by atoms with E-state index in [0.717, 1.165) is 6.42 Å². The molecule has 0 atom stereocenters. The van der Waals surface area contributed by atoms with Gasteiger partial charge in [-0.2, -0.15) is 0 Å². The van der Waals surface area contributed by atoms with Gasteiger partial charge in [0.15, 0.2) is 0 Å². The predicted molar refractivity (Wildman–Crippen MR) is 61.0 cm³/mol. The van der Waals surface area contributed by atoms with Crippen LogP contribution in [0.5, 0.6) is 0 Å². The van der Waals surface area contributed by atoms with E-state index in [1.165, 1.54) is 43.6 Å². The van der Waals surface area contributed by atoms with E-state index in [1.807, 2.05) is 0 Å². The fourth-order valence-electron chi connectivity index (χ4n) is 2.13. The number of piperidine rings is 1. The van der Waals surface area contributed by atoms with Crippen molar-refractivity contribution < 1.29 is 0 Å². The summed E-state index contributed by atoms with van der Waals surface area (Å²) < 4.78 is 0. The van der Waals surface area contributed by atoms with E-state index in [-0.39, 0.29) is 0 Å². The fourth-order valence-corrected chi connectivity index (χ4v) is 2.13. The highest BCUT2D eigenvalue weighted by atomic mass is 15.1. The Morgan fingerprint density at radius 1 is 1.14 bits per heavy atom. The molecular weight excluding hydrogens is 170 g/mol. The molecule has 0 aromatic carbocycles. The molecule has 0 radical (unpaired) electrons. The molecule has 1 nitrogen and oxygen atoms in total. The first-order valence-corrected chi connectivity index (χ1v) is 5.65. The van der Waals surface area contributed by atoms with E-state index >= 15 is 0 Å². The lowest BCUT2D eigenvalue weighted by molar-refractivity contribution is 0.293. The third kappa shape index (κ3) is 2.28. The molecule has 0 bridgehead atoms. The van der Waals surface area contributed by atoms with E-state index in [9.17, 15) is 0 Å². The average molecular weight is 189 g/mol. The van der Waals surface area contributed by atoms with E-state index in [1.54, 1.807) is 0 Å². The van der Waals surface area contributed by atoms with Crippen LogP contribution in [-0.4, -0.2) is 18.0 Å². The van der Waals surface area contributed by atoms with Gasteiger partial charge >= 0.3 is 0 Å². The first-order valence-electron chi connectivity index (χ1n) is 5.65. The van der Waals surface area contributed by atoms with E-state index in [2.05, 4.69) is 36.1 Å². The highest BCUT2D eigenvalue weighted by molar-refractivity contribution is 5.30. The Balaban J connectivity index is 2.11. The Bertz CT molecular complexity index is 278. The van der Waals surface area contributed by atoms with Crippen LogP contribution >= 0.6 is 0 Å². The van der Waals surface area contributed by atoms with Crippen molar-refractivity contribution in [2.24, 2.45) is 0 Å². The maximum absolute atomic E-state index is 2.52. The zero-order chi connectivity index (χ0) is 9.80. The van der Waals surface area contributed by atoms with E-state index in [4.69, 9.17) is 0 Å². The maximum atomic E-state index is 2.52. The Morgan fingerprint density at radius 2 is 1.93 bits per heavy atom. The van der Waals surface area contributed by atoms with Crippen molar-refractivity contribution in [1.29, 1.82) is 0 Å². The van der Waals surface area contributed by atoms with Gasteiger partial charge in [0.1, 0.15) is 0 Å². The molecule has 1 aliphatic heterocycles. The van der Waals surface area contributed by atoms with Crippen molar-refractivity contribution in [2.45, 2.75) is 32.6 Å². The van der Waals surface area contributed by atoms with Crippen LogP contribution in [0.1, 0.15) is 32.6 Å². The molecule has 0 unspecified atom stereocenters. The summed E-state index contributed by atoms with van der Waals surface area (Å²) in [7, 11) is 0. The highest BCUT2D eigenvalue weighted by Gasteiger charge is 2.11. The lowest BCUT2D eigenvalue weighted by atomic mass is 10.1. The molecule has 1 aliphatic carbocycles. The monoisotopic (exact) mass is 189 g/mol. The van der Waals surface area contributed by atoms with Gasteiger partial charge in [-0.25, -0.2) is 0 Å². The standard InChI is InChI=1S/C13H19N/c1-12-7-3-4-8-13(11-12)14-9-5-2-6-10-14/h3-4,8,11H,2,5-7,9-10H2,1H3. The zero-order valence-corrected chi connectivity index (χ0v) is 9.00. The van der Waals surface area contributed by atoms with Crippen molar-refractivity contribution >= 4 is 0 Å². The molecule has 1 saturated heterocycles. The second kappa shape index (κ2) is 4.50. The molecule has 0 aromatic heterocycles. The fraction of sp³-hybridized carbons (Fsp3) is 0.538. The lowest BCUT2D eigenvalue weighted by Crippen LogP contribution is -2.28. The van der Waals surface area contributed by atoms with Gasteiger partial charge < -0.3 is 4.90 Å². The molecule has 76 valence electrons. The summed E-state index contributed by atoms with van der Waals surface area (Å²) in [4.78, 5) is 2.52. The van der Waals surface area contributed by atoms with E-state index < -0.39 is 0 Å². The minimum atomic E-state index is 1.10. The average Bonchev–Trinajstić information content (AvgIpc) is 2.44. The van der Waals surface area contributed by atoms with Crippen LogP contribution in [0.2, 0.25) is 0 Å². The second-order valence-corrected chi connectivity index (χ2v) is 4.26. The minimum Gasteiger partial charge on any atom is -0.372 e. The predicted octanol–water partition coefficient (Wildman–Crippen LogP) is 3.26. The van der Waals surface area contributed by atoms with Gasteiger partial charge in [-0.15, -0.1) is 0 Å². The van der Waals surface area contributed by atoms with Crippen LogP contribution in [-0.2, 0) is 0 Å². The Morgan fingerprint density at radius 3 is 2.71 bits per heavy atom. The van der Waals surface area contributed by atoms with Crippen LogP contribution in [0.25, 0.3) is 0 Å². The molecule has 14 heavy (non-hydrogen) atoms. The number of allylic oxidation sites excluding steroid dienone is 5. The molecule has 1 fully saturated rings. The van der Waals surface area contributed by atoms with Gasteiger partial charge in [-0.1, -0.05) is 17.7 Å². The summed E-state index contributed by atoms with van der Waals surface area (Å²) in [5, 5.41) is 0. The molecule has 0 N–H and O–H groups in total. The van der Waals surface area contributed by atoms with Crippen molar-refractivity contribution in [3.05, 3.63) is 35.6 Å².